The maximum atomic E-state index is 12.1. The molecule has 2 aromatic heterocycles. The van der Waals surface area contributed by atoms with Crippen LogP contribution >= 0.6 is 11.3 Å². The molecule has 2 rings (SSSR count). The number of amides is 1. The minimum atomic E-state index is -1.06. The van der Waals surface area contributed by atoms with Gasteiger partial charge in [0.15, 0.2) is 5.69 Å². The van der Waals surface area contributed by atoms with Crippen molar-refractivity contribution < 1.29 is 14.7 Å². The van der Waals surface area contributed by atoms with Gasteiger partial charge in [0.2, 0.25) is 5.91 Å². The van der Waals surface area contributed by atoms with Gasteiger partial charge in [0.1, 0.15) is 5.01 Å². The van der Waals surface area contributed by atoms with Gasteiger partial charge in [-0.25, -0.2) is 9.78 Å². The highest BCUT2D eigenvalue weighted by atomic mass is 32.1. The number of thiazole rings is 1. The molecule has 0 aliphatic carbocycles. The van der Waals surface area contributed by atoms with Gasteiger partial charge in [-0.3, -0.25) is 9.48 Å². The van der Waals surface area contributed by atoms with Crippen LogP contribution in [0.4, 0.5) is 0 Å². The van der Waals surface area contributed by atoms with Gasteiger partial charge < -0.3 is 10.4 Å². The molecule has 2 heterocycles. The van der Waals surface area contributed by atoms with Gasteiger partial charge in [0.05, 0.1) is 12.2 Å². The Bertz CT molecular complexity index is 764. The summed E-state index contributed by atoms with van der Waals surface area (Å²) in [5, 5.41) is 18.3. The highest BCUT2D eigenvalue weighted by Crippen LogP contribution is 2.16. The lowest BCUT2D eigenvalue weighted by Gasteiger charge is -2.08. The van der Waals surface area contributed by atoms with E-state index in [0.29, 0.717) is 23.8 Å². The summed E-state index contributed by atoms with van der Waals surface area (Å²) in [6.45, 7) is 9.44. The lowest BCUT2D eigenvalue weighted by atomic mass is 10.1. The molecule has 0 saturated heterocycles. The quantitative estimate of drug-likeness (QED) is 0.750. The second kappa shape index (κ2) is 8.24. The molecule has 0 bridgehead atoms. The minimum Gasteiger partial charge on any atom is -0.476 e. The number of carboxylic acid groups (broad SMARTS) is 1. The number of aromatic carboxylic acids is 1. The number of nitrogens with one attached hydrogen (secondary N) is 1. The number of nitrogens with zero attached hydrogens (tertiary/aromatic N) is 3. The summed E-state index contributed by atoms with van der Waals surface area (Å²) in [6, 6.07) is 0. The van der Waals surface area contributed by atoms with Gasteiger partial charge in [-0.05, 0) is 31.7 Å². The zero-order valence-corrected chi connectivity index (χ0v) is 15.8. The molecule has 1 amide bonds. The van der Waals surface area contributed by atoms with E-state index in [2.05, 4.69) is 29.2 Å². The normalized spacial score (nSPS) is 11.1. The van der Waals surface area contributed by atoms with Crippen LogP contribution in [-0.4, -0.2) is 31.7 Å². The topological polar surface area (TPSA) is 97.1 Å². The molecular weight excluding hydrogens is 340 g/mol. The first kappa shape index (κ1) is 19.1. The summed E-state index contributed by atoms with van der Waals surface area (Å²) in [4.78, 5) is 26.8. The third kappa shape index (κ3) is 5.12. The van der Waals surface area contributed by atoms with E-state index in [1.165, 1.54) is 16.7 Å². The Labute approximate surface area is 151 Å². The highest BCUT2D eigenvalue weighted by Gasteiger charge is 2.14. The third-order valence-electron chi connectivity index (χ3n) is 3.88. The minimum absolute atomic E-state index is 0.0121. The standard InChI is InChI=1S/C17H24N4O3S/c1-10(2)8-21-12(4)13(11(3)20-21)5-6-15(22)18-7-16-19-14(9-25-16)17(23)24/h9-10H,5-8H2,1-4H3,(H,18,22)(H,23,24). The van der Waals surface area contributed by atoms with Crippen molar-refractivity contribution in [3.05, 3.63) is 33.0 Å². The molecule has 0 fully saturated rings. The van der Waals surface area contributed by atoms with Crippen molar-refractivity contribution >= 4 is 23.2 Å². The van der Waals surface area contributed by atoms with Gasteiger partial charge in [-0.1, -0.05) is 13.8 Å². The van der Waals surface area contributed by atoms with E-state index in [4.69, 9.17) is 5.11 Å². The molecule has 0 saturated carbocycles. The van der Waals surface area contributed by atoms with Crippen LogP contribution < -0.4 is 5.32 Å². The van der Waals surface area contributed by atoms with E-state index in [1.807, 2.05) is 18.5 Å². The lowest BCUT2D eigenvalue weighted by Crippen LogP contribution is -2.23. The Morgan fingerprint density at radius 1 is 1.36 bits per heavy atom. The van der Waals surface area contributed by atoms with Crippen molar-refractivity contribution in [3.8, 4) is 0 Å². The highest BCUT2D eigenvalue weighted by molar-refractivity contribution is 7.09. The number of carbonyl (C=O) groups is 2. The monoisotopic (exact) mass is 364 g/mol. The van der Waals surface area contributed by atoms with Crippen LogP contribution in [0, 0.1) is 19.8 Å². The Balaban J connectivity index is 1.87. The van der Waals surface area contributed by atoms with Gasteiger partial charge in [0, 0.05) is 24.0 Å². The van der Waals surface area contributed by atoms with Crippen molar-refractivity contribution in [1.29, 1.82) is 0 Å². The molecule has 2 aromatic rings. The predicted octanol–water partition coefficient (Wildman–Crippen LogP) is 2.56. The smallest absolute Gasteiger partial charge is 0.355 e. The zero-order valence-electron chi connectivity index (χ0n) is 15.0. The number of rotatable bonds is 8. The van der Waals surface area contributed by atoms with Gasteiger partial charge in [-0.2, -0.15) is 5.10 Å². The Kier molecular flexibility index (Phi) is 6.30. The molecule has 8 heteroatoms. The van der Waals surface area contributed by atoms with E-state index in [0.717, 1.165) is 23.5 Å². The summed E-state index contributed by atoms with van der Waals surface area (Å²) >= 11 is 1.23. The second-order valence-corrected chi connectivity index (χ2v) is 7.38. The molecule has 2 N–H and O–H groups in total. The van der Waals surface area contributed by atoms with Crippen molar-refractivity contribution in [2.45, 2.75) is 53.6 Å². The van der Waals surface area contributed by atoms with Crippen molar-refractivity contribution in [2.75, 3.05) is 0 Å². The molecule has 0 atom stereocenters. The number of carbonyl (C=O) groups excluding carboxylic acids is 1. The van der Waals surface area contributed by atoms with Gasteiger partial charge in [-0.15, -0.1) is 11.3 Å². The van der Waals surface area contributed by atoms with Crippen LogP contribution in [-0.2, 0) is 24.3 Å². The maximum Gasteiger partial charge on any atom is 0.355 e. The van der Waals surface area contributed by atoms with Crippen LogP contribution in [0.5, 0.6) is 0 Å². The average Bonchev–Trinajstić information content (AvgIpc) is 3.09. The molecule has 0 radical (unpaired) electrons. The van der Waals surface area contributed by atoms with Crippen molar-refractivity contribution in [1.82, 2.24) is 20.1 Å². The van der Waals surface area contributed by atoms with Gasteiger partial charge >= 0.3 is 5.97 Å². The van der Waals surface area contributed by atoms with Crippen LogP contribution in [0.1, 0.15) is 52.7 Å². The number of hydrogen-bond acceptors (Lipinski definition) is 5. The largest absolute Gasteiger partial charge is 0.476 e. The number of hydrogen-bond donors (Lipinski definition) is 2. The number of carboxylic acids is 1. The Morgan fingerprint density at radius 3 is 2.68 bits per heavy atom. The Hall–Kier alpha value is -2.22. The zero-order chi connectivity index (χ0) is 18.6. The maximum absolute atomic E-state index is 12.1. The fourth-order valence-electron chi connectivity index (χ4n) is 2.61. The van der Waals surface area contributed by atoms with E-state index in [1.54, 1.807) is 0 Å². The number of aryl methyl sites for hydroxylation is 1. The first-order chi connectivity index (χ1) is 11.8. The fraction of sp³-hybridized carbons (Fsp3) is 0.529. The van der Waals surface area contributed by atoms with Crippen LogP contribution in [0.3, 0.4) is 0 Å². The third-order valence-corrected chi connectivity index (χ3v) is 4.73. The summed E-state index contributed by atoms with van der Waals surface area (Å²) < 4.78 is 2.01. The van der Waals surface area contributed by atoms with Crippen LogP contribution in [0.25, 0.3) is 0 Å². The first-order valence-corrected chi connectivity index (χ1v) is 9.13. The molecule has 7 nitrogen and oxygen atoms in total. The van der Waals surface area contributed by atoms with Crippen LogP contribution in [0.15, 0.2) is 5.38 Å². The van der Waals surface area contributed by atoms with Gasteiger partial charge in [0.25, 0.3) is 0 Å². The summed E-state index contributed by atoms with van der Waals surface area (Å²) in [5.41, 5.74) is 3.22. The fourth-order valence-corrected chi connectivity index (χ4v) is 3.32. The second-order valence-electron chi connectivity index (χ2n) is 6.43. The molecule has 0 aliphatic rings. The first-order valence-electron chi connectivity index (χ1n) is 8.25. The van der Waals surface area contributed by atoms with E-state index >= 15 is 0 Å². The van der Waals surface area contributed by atoms with E-state index in [-0.39, 0.29) is 18.1 Å². The molecular formula is C17H24N4O3S. The molecule has 0 spiro atoms. The molecule has 0 unspecified atom stereocenters. The molecule has 0 aliphatic heterocycles. The number of aromatic nitrogens is 3. The van der Waals surface area contributed by atoms with E-state index < -0.39 is 5.97 Å². The molecule has 0 aromatic carbocycles. The molecule has 136 valence electrons. The average molecular weight is 364 g/mol. The lowest BCUT2D eigenvalue weighted by molar-refractivity contribution is -0.121. The molecule has 25 heavy (non-hydrogen) atoms. The van der Waals surface area contributed by atoms with Crippen LogP contribution in [0.2, 0.25) is 0 Å². The van der Waals surface area contributed by atoms with Crippen molar-refractivity contribution in [3.63, 3.8) is 0 Å². The summed E-state index contributed by atoms with van der Waals surface area (Å²) in [7, 11) is 0. The summed E-state index contributed by atoms with van der Waals surface area (Å²) in [5.74, 6) is -0.621. The predicted molar refractivity (Wildman–Crippen MR) is 95.8 cm³/mol. The van der Waals surface area contributed by atoms with Crippen molar-refractivity contribution in [2.24, 2.45) is 5.92 Å². The summed E-state index contributed by atoms with van der Waals surface area (Å²) in [6.07, 6.45) is 1.01. The Morgan fingerprint density at radius 2 is 2.08 bits per heavy atom. The SMILES string of the molecule is Cc1nn(CC(C)C)c(C)c1CCC(=O)NCc1nc(C(=O)O)cs1. The van der Waals surface area contributed by atoms with E-state index in [9.17, 15) is 9.59 Å².